The van der Waals surface area contributed by atoms with Gasteiger partial charge in [0.15, 0.2) is 5.78 Å². The lowest BCUT2D eigenvalue weighted by Crippen LogP contribution is -2.07. The molecule has 1 aromatic rings. The van der Waals surface area contributed by atoms with Crippen LogP contribution < -0.4 is 11.5 Å². The van der Waals surface area contributed by atoms with E-state index >= 15 is 0 Å². The monoisotopic (exact) mass is 178 g/mol. The number of nitrogens with two attached hydrogens (primary N) is 2. The van der Waals surface area contributed by atoms with Crippen LogP contribution in [-0.2, 0) is 13.1 Å². The van der Waals surface area contributed by atoms with E-state index in [1.54, 1.807) is 6.07 Å². The third-order valence-electron chi connectivity index (χ3n) is 2.05. The van der Waals surface area contributed by atoms with Crippen molar-refractivity contribution >= 4 is 5.78 Å². The van der Waals surface area contributed by atoms with Gasteiger partial charge in [0.2, 0.25) is 0 Å². The molecule has 3 nitrogen and oxygen atoms in total. The molecule has 0 bridgehead atoms. The molecule has 1 aromatic carbocycles. The summed E-state index contributed by atoms with van der Waals surface area (Å²) in [6.45, 7) is 2.43. The third kappa shape index (κ3) is 2.14. The fraction of sp³-hybridized carbons (Fsp3) is 0.300. The Labute approximate surface area is 77.7 Å². The van der Waals surface area contributed by atoms with Crippen LogP contribution in [0.1, 0.15) is 28.4 Å². The molecule has 0 saturated carbocycles. The third-order valence-corrected chi connectivity index (χ3v) is 2.05. The van der Waals surface area contributed by atoms with Gasteiger partial charge in [0.25, 0.3) is 0 Å². The topological polar surface area (TPSA) is 69.1 Å². The molecule has 0 fully saturated rings. The normalized spacial score (nSPS) is 10.1. The maximum atomic E-state index is 11.0. The predicted molar refractivity (Wildman–Crippen MR) is 52.2 cm³/mol. The summed E-state index contributed by atoms with van der Waals surface area (Å²) in [5.74, 6) is 0.0540. The summed E-state index contributed by atoms with van der Waals surface area (Å²) < 4.78 is 0. The number of Topliss-reactive ketones (excluding diaryl/α,β-unsaturated/α-hetero) is 1. The standard InChI is InChI=1S/C10H14N2O/c1-7(13)8-2-3-9(5-11)10(4-8)6-12/h2-4H,5-6,11-12H2,1H3. The van der Waals surface area contributed by atoms with Gasteiger partial charge in [-0.15, -0.1) is 0 Å². The van der Waals surface area contributed by atoms with Gasteiger partial charge in [0, 0.05) is 18.7 Å². The SMILES string of the molecule is CC(=O)c1ccc(CN)c(CN)c1. The Bertz CT molecular complexity index is 321. The quantitative estimate of drug-likeness (QED) is 0.673. The molecule has 0 atom stereocenters. The second kappa shape index (κ2) is 4.16. The van der Waals surface area contributed by atoms with Crippen molar-refractivity contribution in [2.24, 2.45) is 11.5 Å². The first kappa shape index (κ1) is 9.89. The molecule has 0 spiro atoms. The van der Waals surface area contributed by atoms with E-state index < -0.39 is 0 Å². The van der Waals surface area contributed by atoms with Crippen LogP contribution in [0.5, 0.6) is 0 Å². The van der Waals surface area contributed by atoms with Crippen LogP contribution in [0, 0.1) is 0 Å². The van der Waals surface area contributed by atoms with E-state index in [1.807, 2.05) is 12.1 Å². The average molecular weight is 178 g/mol. The molecule has 13 heavy (non-hydrogen) atoms. The second-order valence-electron chi connectivity index (χ2n) is 2.95. The highest BCUT2D eigenvalue weighted by Crippen LogP contribution is 2.11. The molecule has 0 aliphatic rings. The number of hydrogen-bond acceptors (Lipinski definition) is 3. The molecule has 0 amide bonds. The van der Waals surface area contributed by atoms with Crippen LogP contribution in [0.3, 0.4) is 0 Å². The zero-order valence-electron chi connectivity index (χ0n) is 7.71. The van der Waals surface area contributed by atoms with Crippen LogP contribution in [0.25, 0.3) is 0 Å². The lowest BCUT2D eigenvalue weighted by Gasteiger charge is -2.06. The van der Waals surface area contributed by atoms with E-state index in [9.17, 15) is 4.79 Å². The van der Waals surface area contributed by atoms with Crippen molar-refractivity contribution in [2.75, 3.05) is 0 Å². The van der Waals surface area contributed by atoms with Crippen molar-refractivity contribution in [1.29, 1.82) is 0 Å². The number of hydrogen-bond donors (Lipinski definition) is 2. The van der Waals surface area contributed by atoms with Crippen LogP contribution in [-0.4, -0.2) is 5.78 Å². The summed E-state index contributed by atoms with van der Waals surface area (Å²) >= 11 is 0. The highest BCUT2D eigenvalue weighted by atomic mass is 16.1. The summed E-state index contributed by atoms with van der Waals surface area (Å²) in [6.07, 6.45) is 0. The minimum atomic E-state index is 0.0540. The van der Waals surface area contributed by atoms with Crippen molar-refractivity contribution < 1.29 is 4.79 Å². The van der Waals surface area contributed by atoms with Crippen LogP contribution in [0.2, 0.25) is 0 Å². The van der Waals surface area contributed by atoms with E-state index in [1.165, 1.54) is 6.92 Å². The maximum absolute atomic E-state index is 11.0. The Hall–Kier alpha value is -1.19. The summed E-state index contributed by atoms with van der Waals surface area (Å²) in [6, 6.07) is 5.45. The van der Waals surface area contributed by atoms with Crippen molar-refractivity contribution in [3.8, 4) is 0 Å². The Morgan fingerprint density at radius 3 is 2.31 bits per heavy atom. The van der Waals surface area contributed by atoms with Crippen LogP contribution >= 0.6 is 0 Å². The summed E-state index contributed by atoms with van der Waals surface area (Å²) in [7, 11) is 0. The first-order valence-corrected chi connectivity index (χ1v) is 4.22. The molecule has 3 heteroatoms. The fourth-order valence-corrected chi connectivity index (χ4v) is 1.23. The molecular formula is C10H14N2O. The molecule has 4 N–H and O–H groups in total. The predicted octanol–water partition coefficient (Wildman–Crippen LogP) is 0.807. The lowest BCUT2D eigenvalue weighted by atomic mass is 10.0. The van der Waals surface area contributed by atoms with Gasteiger partial charge in [-0.2, -0.15) is 0 Å². The first-order chi connectivity index (χ1) is 6.19. The van der Waals surface area contributed by atoms with E-state index in [-0.39, 0.29) is 5.78 Å². The van der Waals surface area contributed by atoms with Gasteiger partial charge in [-0.05, 0) is 24.1 Å². The minimum Gasteiger partial charge on any atom is -0.326 e. The summed E-state index contributed by atoms with van der Waals surface area (Å²) in [5.41, 5.74) is 13.7. The number of carbonyl (C=O) groups is 1. The molecule has 1 rings (SSSR count). The van der Waals surface area contributed by atoms with Gasteiger partial charge >= 0.3 is 0 Å². The Kier molecular flexibility index (Phi) is 3.17. The fourth-order valence-electron chi connectivity index (χ4n) is 1.23. The Balaban J connectivity index is 3.13. The smallest absolute Gasteiger partial charge is 0.159 e. The van der Waals surface area contributed by atoms with Crippen LogP contribution in [0.4, 0.5) is 0 Å². The van der Waals surface area contributed by atoms with Crippen molar-refractivity contribution in [2.45, 2.75) is 20.0 Å². The number of rotatable bonds is 3. The zero-order chi connectivity index (χ0) is 9.84. The van der Waals surface area contributed by atoms with Gasteiger partial charge in [-0.3, -0.25) is 4.79 Å². The minimum absolute atomic E-state index is 0.0540. The number of ketones is 1. The molecule has 0 saturated heterocycles. The van der Waals surface area contributed by atoms with Gasteiger partial charge in [0.1, 0.15) is 0 Å². The van der Waals surface area contributed by atoms with Crippen LogP contribution in [0.15, 0.2) is 18.2 Å². The van der Waals surface area contributed by atoms with Crippen molar-refractivity contribution in [3.63, 3.8) is 0 Å². The second-order valence-corrected chi connectivity index (χ2v) is 2.95. The molecule has 70 valence electrons. The Morgan fingerprint density at radius 2 is 1.85 bits per heavy atom. The van der Waals surface area contributed by atoms with Gasteiger partial charge in [-0.1, -0.05) is 12.1 Å². The number of benzene rings is 1. The van der Waals surface area contributed by atoms with E-state index in [0.717, 1.165) is 11.1 Å². The summed E-state index contributed by atoms with van der Waals surface area (Å²) in [5, 5.41) is 0. The maximum Gasteiger partial charge on any atom is 0.159 e. The Morgan fingerprint density at radius 1 is 1.23 bits per heavy atom. The average Bonchev–Trinajstić information content (AvgIpc) is 2.16. The summed E-state index contributed by atoms with van der Waals surface area (Å²) in [4.78, 5) is 11.0. The number of carbonyl (C=O) groups excluding carboxylic acids is 1. The first-order valence-electron chi connectivity index (χ1n) is 4.22. The van der Waals surface area contributed by atoms with E-state index in [0.29, 0.717) is 18.7 Å². The molecule has 0 aliphatic carbocycles. The van der Waals surface area contributed by atoms with E-state index in [4.69, 9.17) is 11.5 Å². The molecule has 0 radical (unpaired) electrons. The van der Waals surface area contributed by atoms with Gasteiger partial charge in [-0.25, -0.2) is 0 Å². The molecular weight excluding hydrogens is 164 g/mol. The van der Waals surface area contributed by atoms with Gasteiger partial charge < -0.3 is 11.5 Å². The molecule has 0 unspecified atom stereocenters. The van der Waals surface area contributed by atoms with Crippen molar-refractivity contribution in [1.82, 2.24) is 0 Å². The van der Waals surface area contributed by atoms with E-state index in [2.05, 4.69) is 0 Å². The largest absolute Gasteiger partial charge is 0.326 e. The molecule has 0 aromatic heterocycles. The van der Waals surface area contributed by atoms with Crippen molar-refractivity contribution in [3.05, 3.63) is 34.9 Å². The molecule has 0 heterocycles. The highest BCUT2D eigenvalue weighted by molar-refractivity contribution is 5.94. The molecule has 0 aliphatic heterocycles. The van der Waals surface area contributed by atoms with Gasteiger partial charge in [0.05, 0.1) is 0 Å². The lowest BCUT2D eigenvalue weighted by molar-refractivity contribution is 0.101. The highest BCUT2D eigenvalue weighted by Gasteiger charge is 2.03. The zero-order valence-corrected chi connectivity index (χ0v) is 7.71.